The molecule has 0 saturated heterocycles. The fraction of sp³-hybridized carbons (Fsp3) is 0.269. The first-order chi connectivity index (χ1) is 16.0. The summed E-state index contributed by atoms with van der Waals surface area (Å²) in [6.45, 7) is 8.38. The van der Waals surface area contributed by atoms with Gasteiger partial charge >= 0.3 is 6.18 Å². The molecule has 0 unspecified atom stereocenters. The van der Waals surface area contributed by atoms with Gasteiger partial charge in [-0.2, -0.15) is 13.2 Å². The smallest absolute Gasteiger partial charge is 0.417 e. The van der Waals surface area contributed by atoms with Crippen molar-refractivity contribution in [1.29, 1.82) is 0 Å². The number of amides is 1. The molecule has 180 valence electrons. The number of anilines is 1. The zero-order valence-electron chi connectivity index (χ0n) is 19.3. The number of benzene rings is 3. The summed E-state index contributed by atoms with van der Waals surface area (Å²) in [7, 11) is 0. The van der Waals surface area contributed by atoms with Crippen LogP contribution in [0.3, 0.4) is 0 Å². The molecule has 0 radical (unpaired) electrons. The molecule has 1 amide bonds. The first-order valence-electron chi connectivity index (χ1n) is 10.6. The van der Waals surface area contributed by atoms with Crippen LogP contribution < -0.4 is 14.8 Å². The van der Waals surface area contributed by atoms with Crippen LogP contribution in [0.2, 0.25) is 5.02 Å². The van der Waals surface area contributed by atoms with E-state index in [2.05, 4.69) is 11.4 Å². The molecule has 0 aliphatic heterocycles. The number of aryl methyl sites for hydroxylation is 2. The van der Waals surface area contributed by atoms with Gasteiger partial charge in [0, 0.05) is 16.8 Å². The van der Waals surface area contributed by atoms with Crippen molar-refractivity contribution in [2.45, 2.75) is 40.5 Å². The maximum absolute atomic E-state index is 13.1. The lowest BCUT2D eigenvalue weighted by molar-refractivity contribution is -0.137. The van der Waals surface area contributed by atoms with E-state index in [1.54, 1.807) is 18.2 Å². The van der Waals surface area contributed by atoms with E-state index in [4.69, 9.17) is 21.1 Å². The number of alkyl halides is 3. The first-order valence-corrected chi connectivity index (χ1v) is 11.0. The minimum Gasteiger partial charge on any atom is -0.493 e. The maximum atomic E-state index is 13.1. The topological polar surface area (TPSA) is 47.6 Å². The quantitative estimate of drug-likeness (QED) is 0.372. The molecule has 8 heteroatoms. The van der Waals surface area contributed by atoms with Gasteiger partial charge in [-0.25, -0.2) is 0 Å². The van der Waals surface area contributed by atoms with Crippen molar-refractivity contribution in [3.63, 3.8) is 0 Å². The number of carbonyl (C=O) groups excluding carboxylic acids is 1. The Morgan fingerprint density at radius 3 is 2.38 bits per heavy atom. The van der Waals surface area contributed by atoms with Gasteiger partial charge in [0.05, 0.1) is 17.2 Å². The van der Waals surface area contributed by atoms with E-state index in [-0.39, 0.29) is 17.9 Å². The van der Waals surface area contributed by atoms with E-state index < -0.39 is 22.7 Å². The van der Waals surface area contributed by atoms with Crippen LogP contribution in [0.25, 0.3) is 0 Å². The Morgan fingerprint density at radius 2 is 1.71 bits per heavy atom. The number of hydrogen-bond donors (Lipinski definition) is 1. The van der Waals surface area contributed by atoms with Gasteiger partial charge in [-0.1, -0.05) is 17.7 Å². The summed E-state index contributed by atoms with van der Waals surface area (Å²) in [6, 6.07) is 12.0. The first kappa shape index (κ1) is 25.4. The Balaban J connectivity index is 1.85. The minimum atomic E-state index is -4.63. The fourth-order valence-corrected chi connectivity index (χ4v) is 3.68. The summed E-state index contributed by atoms with van der Waals surface area (Å²) in [6.07, 6.45) is -4.63. The molecular formula is C26H25ClF3NO3. The number of halogens is 4. The van der Waals surface area contributed by atoms with Gasteiger partial charge in [0.2, 0.25) is 0 Å². The number of rotatable bonds is 7. The van der Waals surface area contributed by atoms with E-state index in [0.717, 1.165) is 34.6 Å². The van der Waals surface area contributed by atoms with Crippen molar-refractivity contribution in [2.24, 2.45) is 0 Å². The van der Waals surface area contributed by atoms with Gasteiger partial charge in [-0.3, -0.25) is 4.79 Å². The summed E-state index contributed by atoms with van der Waals surface area (Å²) in [5.74, 6) is 0.727. The molecule has 0 atom stereocenters. The van der Waals surface area contributed by atoms with Gasteiger partial charge in [0.25, 0.3) is 5.91 Å². The third-order valence-corrected chi connectivity index (χ3v) is 5.63. The van der Waals surface area contributed by atoms with Gasteiger partial charge in [-0.15, -0.1) is 0 Å². The summed E-state index contributed by atoms with van der Waals surface area (Å²) in [5, 5.41) is 2.06. The maximum Gasteiger partial charge on any atom is 0.417 e. The van der Waals surface area contributed by atoms with Crippen molar-refractivity contribution in [3.8, 4) is 11.5 Å². The lowest BCUT2D eigenvalue weighted by Crippen LogP contribution is -2.14. The van der Waals surface area contributed by atoms with Crippen LogP contribution in [0.15, 0.2) is 48.5 Å². The molecule has 1 N–H and O–H groups in total. The monoisotopic (exact) mass is 491 g/mol. The Kier molecular flexibility index (Phi) is 7.77. The molecule has 3 aromatic rings. The second kappa shape index (κ2) is 10.4. The van der Waals surface area contributed by atoms with Crippen LogP contribution >= 0.6 is 11.6 Å². The van der Waals surface area contributed by atoms with Gasteiger partial charge < -0.3 is 14.8 Å². The molecule has 0 aromatic heterocycles. The Bertz CT molecular complexity index is 1210. The highest BCUT2D eigenvalue weighted by Crippen LogP contribution is 2.36. The number of hydrogen-bond acceptors (Lipinski definition) is 3. The molecule has 3 rings (SSSR count). The van der Waals surface area contributed by atoms with Crippen molar-refractivity contribution in [1.82, 2.24) is 0 Å². The van der Waals surface area contributed by atoms with E-state index in [1.165, 1.54) is 6.07 Å². The molecule has 0 fully saturated rings. The molecule has 0 spiro atoms. The van der Waals surface area contributed by atoms with Crippen LogP contribution in [0.5, 0.6) is 11.5 Å². The molecule has 34 heavy (non-hydrogen) atoms. The zero-order chi connectivity index (χ0) is 25.0. The molecule has 0 saturated carbocycles. The van der Waals surface area contributed by atoms with Crippen LogP contribution in [0, 0.1) is 20.8 Å². The summed E-state index contributed by atoms with van der Waals surface area (Å²) in [4.78, 5) is 12.8. The van der Waals surface area contributed by atoms with Crippen molar-refractivity contribution in [2.75, 3.05) is 11.9 Å². The molecular weight excluding hydrogens is 467 g/mol. The van der Waals surface area contributed by atoms with E-state index >= 15 is 0 Å². The van der Waals surface area contributed by atoms with Crippen LogP contribution in [0.1, 0.15) is 45.1 Å². The van der Waals surface area contributed by atoms with E-state index in [0.29, 0.717) is 17.9 Å². The van der Waals surface area contributed by atoms with Gasteiger partial charge in [-0.05, 0) is 86.8 Å². The van der Waals surface area contributed by atoms with Crippen LogP contribution in [-0.2, 0) is 12.8 Å². The molecule has 0 heterocycles. The minimum absolute atomic E-state index is 0.0146. The summed E-state index contributed by atoms with van der Waals surface area (Å²) in [5.41, 5.74) is 3.05. The number of nitrogens with one attached hydrogen (secondary N) is 1. The third-order valence-electron chi connectivity index (χ3n) is 5.30. The number of ether oxygens (including phenoxy) is 2. The summed E-state index contributed by atoms with van der Waals surface area (Å²) >= 11 is 5.66. The second-order valence-electron chi connectivity index (χ2n) is 7.90. The largest absolute Gasteiger partial charge is 0.493 e. The summed E-state index contributed by atoms with van der Waals surface area (Å²) < 4.78 is 51.1. The zero-order valence-corrected chi connectivity index (χ0v) is 20.0. The third kappa shape index (κ3) is 6.03. The highest BCUT2D eigenvalue weighted by molar-refractivity contribution is 6.31. The lowest BCUT2D eigenvalue weighted by atomic mass is 10.1. The highest BCUT2D eigenvalue weighted by Gasteiger charge is 2.33. The van der Waals surface area contributed by atoms with Crippen LogP contribution in [-0.4, -0.2) is 12.5 Å². The van der Waals surface area contributed by atoms with E-state index in [9.17, 15) is 18.0 Å². The van der Waals surface area contributed by atoms with Gasteiger partial charge in [0.1, 0.15) is 18.1 Å². The normalized spacial score (nSPS) is 11.3. The fourth-order valence-electron chi connectivity index (χ4n) is 3.46. The molecule has 3 aromatic carbocycles. The van der Waals surface area contributed by atoms with Gasteiger partial charge in [0.15, 0.2) is 0 Å². The molecule has 0 aliphatic rings. The average molecular weight is 492 g/mol. The molecule has 4 nitrogen and oxygen atoms in total. The lowest BCUT2D eigenvalue weighted by Gasteiger charge is -2.16. The van der Waals surface area contributed by atoms with Crippen LogP contribution in [0.4, 0.5) is 18.9 Å². The predicted octanol–water partition coefficient (Wildman–Crippen LogP) is 7.51. The van der Waals surface area contributed by atoms with Crippen molar-refractivity contribution < 1.29 is 27.4 Å². The Hall–Kier alpha value is -3.19. The predicted molar refractivity (Wildman–Crippen MR) is 127 cm³/mol. The average Bonchev–Trinajstić information content (AvgIpc) is 2.76. The number of carbonyl (C=O) groups is 1. The van der Waals surface area contributed by atoms with Crippen molar-refractivity contribution >= 4 is 23.2 Å². The standard InChI is InChI=1S/C26H25ClF3NO3/c1-5-33-23-9-6-18(12-19(23)14-34-24-11-15(2)10-16(3)17(24)4)25(32)31-20-7-8-22(27)21(13-20)26(28,29)30/h6-13H,5,14H2,1-4H3,(H,31,32). The highest BCUT2D eigenvalue weighted by atomic mass is 35.5. The Labute approximate surface area is 201 Å². The van der Waals surface area contributed by atoms with Crippen molar-refractivity contribution in [3.05, 3.63) is 86.9 Å². The Morgan fingerprint density at radius 1 is 0.971 bits per heavy atom. The molecule has 0 bridgehead atoms. The molecule has 0 aliphatic carbocycles. The second-order valence-corrected chi connectivity index (χ2v) is 8.30. The SMILES string of the molecule is CCOc1ccc(C(=O)Nc2ccc(Cl)c(C(F)(F)F)c2)cc1COc1cc(C)cc(C)c1C. The van der Waals surface area contributed by atoms with E-state index in [1.807, 2.05) is 33.8 Å².